The zero-order chi connectivity index (χ0) is 15.4. The normalized spacial score (nSPS) is 18.1. The second-order valence-corrected chi connectivity index (χ2v) is 6.45. The van der Waals surface area contributed by atoms with E-state index < -0.39 is 0 Å². The zero-order valence-electron chi connectivity index (χ0n) is 12.6. The van der Waals surface area contributed by atoms with Gasteiger partial charge >= 0.3 is 0 Å². The Morgan fingerprint density at radius 3 is 3.05 bits per heavy atom. The fraction of sp³-hybridized carbons (Fsp3) is 0.353. The van der Waals surface area contributed by atoms with Crippen LogP contribution in [0.4, 0.5) is 0 Å². The number of rotatable bonds is 4. The van der Waals surface area contributed by atoms with Crippen LogP contribution in [0.1, 0.15) is 22.2 Å². The number of benzene rings is 1. The van der Waals surface area contributed by atoms with E-state index in [9.17, 15) is 4.79 Å². The number of thiophene rings is 1. The van der Waals surface area contributed by atoms with E-state index in [1.54, 1.807) is 0 Å². The van der Waals surface area contributed by atoms with Gasteiger partial charge in [0.15, 0.2) is 0 Å². The number of amides is 1. The largest absolute Gasteiger partial charge is 0.489 e. The highest BCUT2D eigenvalue weighted by Gasteiger charge is 2.19. The van der Waals surface area contributed by atoms with Crippen LogP contribution in [0.25, 0.3) is 0 Å². The fourth-order valence-electron chi connectivity index (χ4n) is 2.67. The molecule has 1 atom stereocenters. The molecule has 1 N–H and O–H groups in total. The second kappa shape index (κ2) is 6.94. The molecule has 5 heteroatoms. The van der Waals surface area contributed by atoms with Crippen LogP contribution in [0, 0.1) is 0 Å². The minimum absolute atomic E-state index is 0.00882. The summed E-state index contributed by atoms with van der Waals surface area (Å²) < 4.78 is 5.95. The lowest BCUT2D eigenvalue weighted by Crippen LogP contribution is -2.37. The summed E-state index contributed by atoms with van der Waals surface area (Å²) in [6.07, 6.45) is 0.150. The van der Waals surface area contributed by atoms with Crippen molar-refractivity contribution in [3.63, 3.8) is 0 Å². The number of hydrogen-bond donors (Lipinski definition) is 1. The molecule has 0 fully saturated rings. The number of para-hydroxylation sites is 1. The van der Waals surface area contributed by atoms with Gasteiger partial charge in [0.1, 0.15) is 11.9 Å². The van der Waals surface area contributed by atoms with Crippen LogP contribution in [0.15, 0.2) is 41.8 Å². The molecule has 3 rings (SSSR count). The molecule has 0 bridgehead atoms. The Kier molecular flexibility index (Phi) is 4.75. The molecule has 22 heavy (non-hydrogen) atoms. The number of ether oxygens (including phenoxy) is 1. The average Bonchev–Trinajstić information content (AvgIpc) is 2.98. The third-order valence-electron chi connectivity index (χ3n) is 3.67. The van der Waals surface area contributed by atoms with Crippen LogP contribution in [-0.4, -0.2) is 36.5 Å². The molecule has 116 valence electrons. The lowest BCUT2D eigenvalue weighted by Gasteiger charge is -2.21. The van der Waals surface area contributed by atoms with Crippen molar-refractivity contribution in [2.75, 3.05) is 19.6 Å². The molecule has 2 aromatic rings. The standard InChI is InChI=1S/C17H20N2O2S/c1-13-11-19(12-14-5-2-3-6-15(14)21-13)9-8-18-17(20)16-7-4-10-22-16/h2-7,10,13H,8-9,11-12H2,1H3,(H,18,20)/t13-/m0/s1. The highest BCUT2D eigenvalue weighted by Crippen LogP contribution is 2.24. The van der Waals surface area contributed by atoms with Gasteiger partial charge in [-0.2, -0.15) is 0 Å². The monoisotopic (exact) mass is 316 g/mol. The van der Waals surface area contributed by atoms with Gasteiger partial charge in [-0.05, 0) is 24.4 Å². The number of carbonyl (C=O) groups excluding carboxylic acids is 1. The summed E-state index contributed by atoms with van der Waals surface area (Å²) in [6.45, 7) is 5.27. The highest BCUT2D eigenvalue weighted by molar-refractivity contribution is 7.12. The summed E-state index contributed by atoms with van der Waals surface area (Å²) in [5.74, 6) is 0.981. The Bertz CT molecular complexity index is 627. The number of nitrogens with one attached hydrogen (secondary N) is 1. The van der Waals surface area contributed by atoms with E-state index in [1.807, 2.05) is 35.7 Å². The summed E-state index contributed by atoms with van der Waals surface area (Å²) in [5.41, 5.74) is 1.21. The van der Waals surface area contributed by atoms with Crippen LogP contribution >= 0.6 is 11.3 Å². The highest BCUT2D eigenvalue weighted by atomic mass is 32.1. The van der Waals surface area contributed by atoms with Gasteiger partial charge in [-0.1, -0.05) is 24.3 Å². The minimum atomic E-state index is 0.00882. The quantitative estimate of drug-likeness (QED) is 0.943. The van der Waals surface area contributed by atoms with Crippen LogP contribution in [-0.2, 0) is 6.54 Å². The molecule has 1 aromatic carbocycles. The molecule has 1 aromatic heterocycles. The van der Waals surface area contributed by atoms with E-state index in [0.29, 0.717) is 6.54 Å². The molecule has 1 amide bonds. The van der Waals surface area contributed by atoms with Crippen LogP contribution in [0.5, 0.6) is 5.75 Å². The first kappa shape index (κ1) is 15.1. The molecular formula is C17H20N2O2S. The van der Waals surface area contributed by atoms with Gasteiger partial charge in [-0.3, -0.25) is 9.69 Å². The summed E-state index contributed by atoms with van der Waals surface area (Å²) in [5, 5.41) is 4.90. The average molecular weight is 316 g/mol. The van der Waals surface area contributed by atoms with Gasteiger partial charge in [0.05, 0.1) is 4.88 Å². The third-order valence-corrected chi connectivity index (χ3v) is 4.54. The number of carbonyl (C=O) groups is 1. The summed E-state index contributed by atoms with van der Waals surface area (Å²) in [7, 11) is 0. The third kappa shape index (κ3) is 3.67. The molecule has 0 aliphatic carbocycles. The van der Waals surface area contributed by atoms with Gasteiger partial charge in [0.2, 0.25) is 0 Å². The van der Waals surface area contributed by atoms with Crippen molar-refractivity contribution >= 4 is 17.2 Å². The lowest BCUT2D eigenvalue weighted by molar-refractivity contribution is 0.0948. The van der Waals surface area contributed by atoms with Gasteiger partial charge in [0.25, 0.3) is 5.91 Å². The molecule has 1 aliphatic rings. The minimum Gasteiger partial charge on any atom is -0.489 e. The first-order chi connectivity index (χ1) is 10.7. The van der Waals surface area contributed by atoms with Gasteiger partial charge in [0, 0.05) is 31.7 Å². The second-order valence-electron chi connectivity index (χ2n) is 5.50. The Hall–Kier alpha value is -1.85. The van der Waals surface area contributed by atoms with E-state index in [4.69, 9.17) is 4.74 Å². The zero-order valence-corrected chi connectivity index (χ0v) is 13.4. The molecular weight excluding hydrogens is 296 g/mol. The van der Waals surface area contributed by atoms with Crippen molar-refractivity contribution in [1.29, 1.82) is 0 Å². The molecule has 0 saturated carbocycles. The SMILES string of the molecule is C[C@H]1CN(CCNC(=O)c2cccs2)Cc2ccccc2O1. The van der Waals surface area contributed by atoms with Gasteiger partial charge in [-0.15, -0.1) is 11.3 Å². The molecule has 0 spiro atoms. The fourth-order valence-corrected chi connectivity index (χ4v) is 3.31. The van der Waals surface area contributed by atoms with Crippen LogP contribution < -0.4 is 10.1 Å². The Morgan fingerprint density at radius 2 is 2.23 bits per heavy atom. The summed E-state index contributed by atoms with van der Waals surface area (Å²) in [6, 6.07) is 11.9. The Balaban J connectivity index is 1.55. The van der Waals surface area contributed by atoms with Crippen molar-refractivity contribution < 1.29 is 9.53 Å². The molecule has 0 saturated heterocycles. The topological polar surface area (TPSA) is 41.6 Å². The molecule has 1 aliphatic heterocycles. The maximum atomic E-state index is 11.9. The van der Waals surface area contributed by atoms with Crippen molar-refractivity contribution in [1.82, 2.24) is 10.2 Å². The first-order valence-electron chi connectivity index (χ1n) is 7.51. The van der Waals surface area contributed by atoms with E-state index in [0.717, 1.165) is 30.3 Å². The summed E-state index contributed by atoms with van der Waals surface area (Å²) in [4.78, 5) is 15.0. The molecule has 0 unspecified atom stereocenters. The van der Waals surface area contributed by atoms with Crippen molar-refractivity contribution in [3.05, 3.63) is 52.2 Å². The Morgan fingerprint density at radius 1 is 1.36 bits per heavy atom. The van der Waals surface area contributed by atoms with Gasteiger partial charge < -0.3 is 10.1 Å². The predicted molar refractivity (Wildman–Crippen MR) is 88.5 cm³/mol. The number of hydrogen-bond acceptors (Lipinski definition) is 4. The van der Waals surface area contributed by atoms with Crippen molar-refractivity contribution in [2.45, 2.75) is 19.6 Å². The van der Waals surface area contributed by atoms with E-state index >= 15 is 0 Å². The maximum Gasteiger partial charge on any atom is 0.261 e. The number of fused-ring (bicyclic) bond motifs is 1. The van der Waals surface area contributed by atoms with E-state index in [-0.39, 0.29) is 12.0 Å². The van der Waals surface area contributed by atoms with Crippen LogP contribution in [0.3, 0.4) is 0 Å². The van der Waals surface area contributed by atoms with Crippen molar-refractivity contribution in [2.24, 2.45) is 0 Å². The van der Waals surface area contributed by atoms with E-state index in [1.165, 1.54) is 16.9 Å². The molecule has 4 nitrogen and oxygen atoms in total. The maximum absolute atomic E-state index is 11.9. The number of nitrogens with zero attached hydrogens (tertiary/aromatic N) is 1. The Labute approximate surface area is 134 Å². The molecule has 0 radical (unpaired) electrons. The summed E-state index contributed by atoms with van der Waals surface area (Å²) >= 11 is 1.47. The van der Waals surface area contributed by atoms with Crippen molar-refractivity contribution in [3.8, 4) is 5.75 Å². The lowest BCUT2D eigenvalue weighted by atomic mass is 10.2. The van der Waals surface area contributed by atoms with Gasteiger partial charge in [-0.25, -0.2) is 0 Å². The van der Waals surface area contributed by atoms with Crippen LogP contribution in [0.2, 0.25) is 0 Å². The van der Waals surface area contributed by atoms with E-state index in [2.05, 4.69) is 23.2 Å². The smallest absolute Gasteiger partial charge is 0.261 e. The molecule has 2 heterocycles. The predicted octanol–water partition coefficient (Wildman–Crippen LogP) is 2.76. The first-order valence-corrected chi connectivity index (χ1v) is 8.39.